The minimum Gasteiger partial charge on any atom is -0.481 e. The first kappa shape index (κ1) is 15.6. The number of aliphatic carboxylic acids is 1. The lowest BCUT2D eigenvalue weighted by Crippen LogP contribution is -2.47. The molecular formula is C15H19ClN2O3. The first-order valence-corrected chi connectivity index (χ1v) is 7.33. The van der Waals surface area contributed by atoms with Crippen LogP contribution in [0.3, 0.4) is 0 Å². The molecule has 0 bridgehead atoms. The SMILES string of the molecule is Cc1ccc(Cl)cc1NC(=O)N1CCC(C(=O)O)CC1C. The van der Waals surface area contributed by atoms with E-state index < -0.39 is 5.97 Å². The lowest BCUT2D eigenvalue weighted by atomic mass is 9.92. The Kier molecular flexibility index (Phi) is 4.73. The molecule has 0 radical (unpaired) electrons. The number of carbonyl (C=O) groups is 2. The van der Waals surface area contributed by atoms with Crippen molar-refractivity contribution in [2.45, 2.75) is 32.7 Å². The Balaban J connectivity index is 2.04. The molecule has 2 rings (SSSR count). The van der Waals surface area contributed by atoms with E-state index in [-0.39, 0.29) is 18.0 Å². The van der Waals surface area contributed by atoms with E-state index in [9.17, 15) is 9.59 Å². The third-order valence-electron chi connectivity index (χ3n) is 3.93. The maximum Gasteiger partial charge on any atom is 0.322 e. The summed E-state index contributed by atoms with van der Waals surface area (Å²) in [4.78, 5) is 25.0. The monoisotopic (exact) mass is 310 g/mol. The van der Waals surface area contributed by atoms with Gasteiger partial charge in [0, 0.05) is 23.3 Å². The molecule has 2 amide bonds. The third-order valence-corrected chi connectivity index (χ3v) is 4.16. The lowest BCUT2D eigenvalue weighted by molar-refractivity contribution is -0.143. The number of hydrogen-bond acceptors (Lipinski definition) is 2. The van der Waals surface area contributed by atoms with Crippen LogP contribution in [0.5, 0.6) is 0 Å². The fourth-order valence-corrected chi connectivity index (χ4v) is 2.79. The summed E-state index contributed by atoms with van der Waals surface area (Å²) in [5.41, 5.74) is 1.61. The van der Waals surface area contributed by atoms with Gasteiger partial charge in [-0.05, 0) is 44.4 Å². The van der Waals surface area contributed by atoms with Crippen molar-refractivity contribution in [2.75, 3.05) is 11.9 Å². The average molecular weight is 311 g/mol. The number of anilines is 1. The van der Waals surface area contributed by atoms with Crippen LogP contribution in [0.4, 0.5) is 10.5 Å². The van der Waals surface area contributed by atoms with Crippen LogP contribution >= 0.6 is 11.6 Å². The number of rotatable bonds is 2. The number of aryl methyl sites for hydroxylation is 1. The Morgan fingerprint density at radius 1 is 1.43 bits per heavy atom. The van der Waals surface area contributed by atoms with E-state index in [1.807, 2.05) is 19.9 Å². The average Bonchev–Trinajstić information content (AvgIpc) is 2.42. The molecule has 2 unspecified atom stereocenters. The van der Waals surface area contributed by atoms with E-state index in [0.717, 1.165) is 5.56 Å². The topological polar surface area (TPSA) is 69.6 Å². The number of hydrogen-bond donors (Lipinski definition) is 2. The summed E-state index contributed by atoms with van der Waals surface area (Å²) < 4.78 is 0. The van der Waals surface area contributed by atoms with Gasteiger partial charge in [-0.25, -0.2) is 4.79 Å². The van der Waals surface area contributed by atoms with Crippen LogP contribution in [0.1, 0.15) is 25.3 Å². The zero-order valence-electron chi connectivity index (χ0n) is 12.1. The van der Waals surface area contributed by atoms with E-state index in [0.29, 0.717) is 30.1 Å². The second kappa shape index (κ2) is 6.35. The fourth-order valence-electron chi connectivity index (χ4n) is 2.61. The molecule has 1 saturated heterocycles. The molecule has 2 atom stereocenters. The summed E-state index contributed by atoms with van der Waals surface area (Å²) in [7, 11) is 0. The van der Waals surface area contributed by atoms with Gasteiger partial charge in [0.15, 0.2) is 0 Å². The van der Waals surface area contributed by atoms with Crippen LogP contribution in [-0.2, 0) is 4.79 Å². The molecule has 0 aliphatic carbocycles. The van der Waals surface area contributed by atoms with Crippen LogP contribution in [0, 0.1) is 12.8 Å². The van der Waals surface area contributed by atoms with Gasteiger partial charge >= 0.3 is 12.0 Å². The predicted molar refractivity (Wildman–Crippen MR) is 81.7 cm³/mol. The van der Waals surface area contributed by atoms with Crippen molar-refractivity contribution >= 4 is 29.3 Å². The Labute approximate surface area is 128 Å². The first-order valence-electron chi connectivity index (χ1n) is 6.95. The molecule has 1 fully saturated rings. The van der Waals surface area contributed by atoms with E-state index in [4.69, 9.17) is 16.7 Å². The fraction of sp³-hybridized carbons (Fsp3) is 0.467. The van der Waals surface area contributed by atoms with Crippen molar-refractivity contribution in [3.63, 3.8) is 0 Å². The number of amides is 2. The van der Waals surface area contributed by atoms with Gasteiger partial charge in [0.1, 0.15) is 0 Å². The molecule has 5 nitrogen and oxygen atoms in total. The molecule has 114 valence electrons. The van der Waals surface area contributed by atoms with Gasteiger partial charge in [0.05, 0.1) is 5.92 Å². The van der Waals surface area contributed by atoms with Gasteiger partial charge in [-0.15, -0.1) is 0 Å². The zero-order chi connectivity index (χ0) is 15.6. The highest BCUT2D eigenvalue weighted by Crippen LogP contribution is 2.25. The van der Waals surface area contributed by atoms with Crippen LogP contribution < -0.4 is 5.32 Å². The highest BCUT2D eigenvalue weighted by atomic mass is 35.5. The maximum atomic E-state index is 12.3. The molecule has 6 heteroatoms. The molecule has 21 heavy (non-hydrogen) atoms. The smallest absolute Gasteiger partial charge is 0.322 e. The lowest BCUT2D eigenvalue weighted by Gasteiger charge is -2.36. The van der Waals surface area contributed by atoms with Gasteiger partial charge in [-0.2, -0.15) is 0 Å². The summed E-state index contributed by atoms with van der Waals surface area (Å²) in [6.07, 6.45) is 0.971. The molecular weight excluding hydrogens is 292 g/mol. The molecule has 1 aromatic rings. The Hall–Kier alpha value is -1.75. The molecule has 0 saturated carbocycles. The molecule has 0 aromatic heterocycles. The van der Waals surface area contributed by atoms with Crippen LogP contribution in [0.25, 0.3) is 0 Å². The van der Waals surface area contributed by atoms with Crippen LogP contribution in [0.15, 0.2) is 18.2 Å². The van der Waals surface area contributed by atoms with E-state index in [2.05, 4.69) is 5.32 Å². The minimum atomic E-state index is -0.785. The number of piperidine rings is 1. The number of benzene rings is 1. The summed E-state index contributed by atoms with van der Waals surface area (Å²) in [6.45, 7) is 4.22. The number of carboxylic acids is 1. The quantitative estimate of drug-likeness (QED) is 0.880. The second-order valence-electron chi connectivity index (χ2n) is 5.49. The summed E-state index contributed by atoms with van der Waals surface area (Å²) >= 11 is 5.94. The summed E-state index contributed by atoms with van der Waals surface area (Å²) in [6, 6.07) is 5.02. The standard InChI is InChI=1S/C15H19ClN2O3/c1-9-3-4-12(16)8-13(9)17-15(21)18-6-5-11(14(19)20)7-10(18)2/h3-4,8,10-11H,5-7H2,1-2H3,(H,17,21)(H,19,20). The molecule has 1 aliphatic rings. The molecule has 1 heterocycles. The second-order valence-corrected chi connectivity index (χ2v) is 5.93. The van der Waals surface area contributed by atoms with Gasteiger partial charge in [0.25, 0.3) is 0 Å². The molecule has 1 aliphatic heterocycles. The van der Waals surface area contributed by atoms with E-state index >= 15 is 0 Å². The summed E-state index contributed by atoms with van der Waals surface area (Å²) in [5, 5.41) is 12.5. The van der Waals surface area contributed by atoms with Crippen molar-refractivity contribution in [3.8, 4) is 0 Å². The third kappa shape index (κ3) is 3.67. The molecule has 1 aromatic carbocycles. The predicted octanol–water partition coefficient (Wildman–Crippen LogP) is 3.37. The maximum absolute atomic E-state index is 12.3. The molecule has 0 spiro atoms. The van der Waals surface area contributed by atoms with Crippen molar-refractivity contribution in [1.82, 2.24) is 4.90 Å². The summed E-state index contributed by atoms with van der Waals surface area (Å²) in [5.74, 6) is -1.15. The number of halogens is 1. The number of nitrogens with one attached hydrogen (secondary N) is 1. The number of urea groups is 1. The van der Waals surface area contributed by atoms with Crippen molar-refractivity contribution in [3.05, 3.63) is 28.8 Å². The number of carboxylic acid groups (broad SMARTS) is 1. The van der Waals surface area contributed by atoms with Gasteiger partial charge in [-0.3, -0.25) is 4.79 Å². The van der Waals surface area contributed by atoms with Gasteiger partial charge in [-0.1, -0.05) is 17.7 Å². The normalized spacial score (nSPS) is 22.0. The largest absolute Gasteiger partial charge is 0.481 e. The van der Waals surface area contributed by atoms with Gasteiger partial charge < -0.3 is 15.3 Å². The Morgan fingerprint density at radius 2 is 2.14 bits per heavy atom. The zero-order valence-corrected chi connectivity index (χ0v) is 12.9. The Bertz CT molecular complexity index is 562. The van der Waals surface area contributed by atoms with Gasteiger partial charge in [0.2, 0.25) is 0 Å². The highest BCUT2D eigenvalue weighted by molar-refractivity contribution is 6.31. The van der Waals surface area contributed by atoms with Crippen molar-refractivity contribution < 1.29 is 14.7 Å². The highest BCUT2D eigenvalue weighted by Gasteiger charge is 2.32. The molecule has 2 N–H and O–H groups in total. The van der Waals surface area contributed by atoms with Crippen LogP contribution in [-0.4, -0.2) is 34.6 Å². The van der Waals surface area contributed by atoms with Crippen molar-refractivity contribution in [2.24, 2.45) is 5.92 Å². The van der Waals surface area contributed by atoms with E-state index in [1.165, 1.54) is 0 Å². The number of carbonyl (C=O) groups excluding carboxylic acids is 1. The van der Waals surface area contributed by atoms with Crippen molar-refractivity contribution in [1.29, 1.82) is 0 Å². The first-order chi connectivity index (χ1) is 9.88. The van der Waals surface area contributed by atoms with E-state index in [1.54, 1.807) is 17.0 Å². The number of likely N-dealkylation sites (tertiary alicyclic amines) is 1. The number of nitrogens with zero attached hydrogens (tertiary/aromatic N) is 1. The minimum absolute atomic E-state index is 0.0978. The Morgan fingerprint density at radius 3 is 2.76 bits per heavy atom. The van der Waals surface area contributed by atoms with Crippen LogP contribution in [0.2, 0.25) is 5.02 Å².